The molecule has 0 spiro atoms. The van der Waals surface area contributed by atoms with Gasteiger partial charge in [-0.05, 0) is 79.6 Å². The highest BCUT2D eigenvalue weighted by Gasteiger charge is 2.32. The fraction of sp³-hybridized carbons (Fsp3) is 0.148. The lowest BCUT2D eigenvalue weighted by molar-refractivity contribution is -0.274. The molecule has 1 saturated heterocycles. The van der Waals surface area contributed by atoms with E-state index in [1.54, 1.807) is 24.3 Å². The number of nitrogens with zero attached hydrogens (tertiary/aromatic N) is 5. The third-order valence-electron chi connectivity index (χ3n) is 6.00. The van der Waals surface area contributed by atoms with Crippen LogP contribution in [0, 0.1) is 13.8 Å². The van der Waals surface area contributed by atoms with Crippen LogP contribution in [0.4, 0.5) is 29.3 Å². The van der Waals surface area contributed by atoms with Gasteiger partial charge in [0.1, 0.15) is 12.1 Å². The van der Waals surface area contributed by atoms with Crippen molar-refractivity contribution in [2.24, 2.45) is 4.99 Å². The van der Waals surface area contributed by atoms with Crippen LogP contribution in [0.15, 0.2) is 78.0 Å². The van der Waals surface area contributed by atoms with E-state index >= 15 is 0 Å². The molecule has 40 heavy (non-hydrogen) atoms. The number of aliphatic imine (C=N–C) groups is 1. The number of hydrogen-bond acceptors (Lipinski definition) is 6. The Hall–Kier alpha value is -4.65. The average Bonchev–Trinajstić information content (AvgIpc) is 3.53. The van der Waals surface area contributed by atoms with Crippen molar-refractivity contribution >= 4 is 40.2 Å². The predicted molar refractivity (Wildman–Crippen MR) is 146 cm³/mol. The van der Waals surface area contributed by atoms with Gasteiger partial charge in [-0.1, -0.05) is 23.9 Å². The van der Waals surface area contributed by atoms with Crippen molar-refractivity contribution in [1.29, 1.82) is 0 Å². The van der Waals surface area contributed by atoms with Crippen molar-refractivity contribution in [2.75, 3.05) is 16.0 Å². The molecule has 13 heteroatoms. The summed E-state index contributed by atoms with van der Waals surface area (Å²) in [7, 11) is 0. The molecule has 4 aromatic rings. The van der Waals surface area contributed by atoms with Crippen LogP contribution in [-0.2, 0) is 4.79 Å². The van der Waals surface area contributed by atoms with Gasteiger partial charge >= 0.3 is 12.4 Å². The second kappa shape index (κ2) is 10.8. The number of benzene rings is 3. The molecule has 0 saturated carbocycles. The molecule has 0 unspecified atom stereocenters. The number of urea groups is 1. The number of amides is 3. The van der Waals surface area contributed by atoms with Gasteiger partial charge in [0.25, 0.3) is 0 Å². The summed E-state index contributed by atoms with van der Waals surface area (Å²) in [4.78, 5) is 35.1. The SMILES string of the molecule is Cc1cccc(N2C(=O)CSC2=NC(=O)Nc2ccc(-c3ncn(-c4ccc(OC(F)(F)F)cc4)n3)cc2)c1C. The summed E-state index contributed by atoms with van der Waals surface area (Å²) < 4.78 is 42.4. The van der Waals surface area contributed by atoms with Gasteiger partial charge in [0.05, 0.1) is 17.1 Å². The molecule has 1 aromatic heterocycles. The van der Waals surface area contributed by atoms with Gasteiger partial charge in [0.15, 0.2) is 11.0 Å². The fourth-order valence-electron chi connectivity index (χ4n) is 3.92. The highest BCUT2D eigenvalue weighted by atomic mass is 32.2. The minimum absolute atomic E-state index is 0.146. The van der Waals surface area contributed by atoms with E-state index in [0.717, 1.165) is 11.1 Å². The zero-order valence-corrected chi connectivity index (χ0v) is 22.0. The van der Waals surface area contributed by atoms with Crippen molar-refractivity contribution in [3.63, 3.8) is 0 Å². The number of rotatable bonds is 5. The molecule has 5 rings (SSSR count). The number of ether oxygens (including phenoxy) is 1. The summed E-state index contributed by atoms with van der Waals surface area (Å²) in [5.74, 6) is 0.0839. The van der Waals surface area contributed by atoms with Gasteiger partial charge in [-0.15, -0.1) is 18.3 Å². The Balaban J connectivity index is 1.26. The molecule has 1 aliphatic rings. The maximum Gasteiger partial charge on any atom is 0.573 e. The van der Waals surface area contributed by atoms with Gasteiger partial charge in [-0.25, -0.2) is 14.5 Å². The largest absolute Gasteiger partial charge is 0.573 e. The van der Waals surface area contributed by atoms with E-state index < -0.39 is 12.4 Å². The number of amidine groups is 1. The first-order valence-electron chi connectivity index (χ1n) is 11.9. The normalized spacial score (nSPS) is 14.6. The summed E-state index contributed by atoms with van der Waals surface area (Å²) in [6, 6.07) is 17.0. The van der Waals surface area contributed by atoms with E-state index in [9.17, 15) is 22.8 Å². The predicted octanol–water partition coefficient (Wildman–Crippen LogP) is 6.12. The van der Waals surface area contributed by atoms with Crippen molar-refractivity contribution in [3.8, 4) is 22.8 Å². The number of aromatic nitrogens is 3. The molecule has 0 radical (unpaired) electrons. The summed E-state index contributed by atoms with van der Waals surface area (Å²) >= 11 is 1.20. The van der Waals surface area contributed by atoms with Gasteiger partial charge < -0.3 is 10.1 Å². The summed E-state index contributed by atoms with van der Waals surface area (Å²) in [5, 5.41) is 7.37. The number of nitrogens with one attached hydrogen (secondary N) is 1. The summed E-state index contributed by atoms with van der Waals surface area (Å²) in [5.41, 5.74) is 4.28. The third kappa shape index (κ3) is 5.99. The van der Waals surface area contributed by atoms with Crippen LogP contribution in [0.3, 0.4) is 0 Å². The Morgan fingerprint density at radius 1 is 1.05 bits per heavy atom. The lowest BCUT2D eigenvalue weighted by Crippen LogP contribution is -2.31. The highest BCUT2D eigenvalue weighted by molar-refractivity contribution is 8.15. The van der Waals surface area contributed by atoms with Crippen molar-refractivity contribution < 1.29 is 27.5 Å². The molecular weight excluding hydrogens is 545 g/mol. The fourth-order valence-corrected chi connectivity index (χ4v) is 4.78. The number of thioether (sulfide) groups is 1. The molecule has 3 amide bonds. The van der Waals surface area contributed by atoms with Crippen molar-refractivity contribution in [3.05, 3.63) is 84.2 Å². The van der Waals surface area contributed by atoms with Crippen molar-refractivity contribution in [1.82, 2.24) is 14.8 Å². The number of hydrogen-bond donors (Lipinski definition) is 1. The van der Waals surface area contributed by atoms with Gasteiger partial charge in [0, 0.05) is 11.3 Å². The molecule has 1 N–H and O–H groups in total. The van der Waals surface area contributed by atoms with Gasteiger partial charge in [-0.3, -0.25) is 9.69 Å². The Morgan fingerprint density at radius 2 is 1.77 bits per heavy atom. The second-order valence-electron chi connectivity index (χ2n) is 8.69. The highest BCUT2D eigenvalue weighted by Crippen LogP contribution is 2.31. The van der Waals surface area contributed by atoms with Crippen LogP contribution < -0.4 is 15.0 Å². The molecular formula is C27H21F3N6O3S. The number of carbonyl (C=O) groups excluding carboxylic acids is 2. The van der Waals surface area contributed by atoms with E-state index in [2.05, 4.69) is 25.1 Å². The number of aryl methyl sites for hydroxylation is 1. The number of alkyl halides is 3. The standard InChI is InChI=1S/C27H21F3N6O3S/c1-16-4-3-5-22(17(16)2)36-23(37)14-40-26(36)33-25(38)32-19-8-6-18(7-9-19)24-31-15-35(34-24)20-10-12-21(13-11-20)39-27(28,29)30/h3-13,15H,14H2,1-2H3,(H,32,38). The Bertz CT molecular complexity index is 1600. The zero-order valence-electron chi connectivity index (χ0n) is 21.1. The molecule has 0 aliphatic carbocycles. The number of halogens is 3. The third-order valence-corrected chi connectivity index (χ3v) is 6.92. The lowest BCUT2D eigenvalue weighted by Gasteiger charge is -2.19. The van der Waals surface area contributed by atoms with Crippen LogP contribution in [0.2, 0.25) is 0 Å². The average molecular weight is 567 g/mol. The van der Waals surface area contributed by atoms with Gasteiger partial charge in [0.2, 0.25) is 5.91 Å². The second-order valence-corrected chi connectivity index (χ2v) is 9.64. The molecule has 1 aliphatic heterocycles. The van der Waals surface area contributed by atoms with E-state index in [-0.39, 0.29) is 17.4 Å². The van der Waals surface area contributed by atoms with Crippen LogP contribution >= 0.6 is 11.8 Å². The lowest BCUT2D eigenvalue weighted by atomic mass is 10.1. The Morgan fingerprint density at radius 3 is 2.48 bits per heavy atom. The monoisotopic (exact) mass is 566 g/mol. The van der Waals surface area contributed by atoms with E-state index in [1.807, 2.05) is 32.0 Å². The van der Waals surface area contributed by atoms with Crippen LogP contribution in [0.25, 0.3) is 17.1 Å². The zero-order chi connectivity index (χ0) is 28.4. The molecule has 0 bridgehead atoms. The topological polar surface area (TPSA) is 102 Å². The van der Waals surface area contributed by atoms with Crippen LogP contribution in [-0.4, -0.2) is 44.0 Å². The molecule has 0 atom stereocenters. The van der Waals surface area contributed by atoms with E-state index in [0.29, 0.717) is 33.6 Å². The minimum atomic E-state index is -4.77. The first-order chi connectivity index (χ1) is 19.1. The number of carbonyl (C=O) groups is 2. The van der Waals surface area contributed by atoms with Crippen molar-refractivity contribution in [2.45, 2.75) is 20.2 Å². The molecule has 1 fully saturated rings. The maximum atomic E-state index is 12.7. The van der Waals surface area contributed by atoms with Gasteiger partial charge in [-0.2, -0.15) is 4.99 Å². The smallest absolute Gasteiger partial charge is 0.406 e. The van der Waals surface area contributed by atoms with Crippen LogP contribution in [0.5, 0.6) is 5.75 Å². The first-order valence-corrected chi connectivity index (χ1v) is 12.9. The number of anilines is 2. The molecule has 204 valence electrons. The minimum Gasteiger partial charge on any atom is -0.406 e. The summed E-state index contributed by atoms with van der Waals surface area (Å²) in [6.07, 6.45) is -3.33. The Labute approximate surface area is 230 Å². The van der Waals surface area contributed by atoms with E-state index in [4.69, 9.17) is 0 Å². The summed E-state index contributed by atoms with van der Waals surface area (Å²) in [6.45, 7) is 3.87. The molecule has 9 nitrogen and oxygen atoms in total. The first kappa shape index (κ1) is 26.9. The quantitative estimate of drug-likeness (QED) is 0.313. The van der Waals surface area contributed by atoms with Crippen LogP contribution in [0.1, 0.15) is 11.1 Å². The molecule has 3 aromatic carbocycles. The van der Waals surface area contributed by atoms with E-state index in [1.165, 1.54) is 51.9 Å². The molecule has 2 heterocycles. The maximum absolute atomic E-state index is 12.7. The Kier molecular flexibility index (Phi) is 7.30.